The molecule has 0 aromatic heterocycles. The molecule has 0 amide bonds. The zero-order valence-electron chi connectivity index (χ0n) is 24.3. The molecule has 0 aliphatic heterocycles. The lowest BCUT2D eigenvalue weighted by Gasteiger charge is -2.40. The van der Waals surface area contributed by atoms with Gasteiger partial charge in [0, 0.05) is 5.41 Å². The molecule has 0 aliphatic rings. The Balaban J connectivity index is 3.16. The van der Waals surface area contributed by atoms with Gasteiger partial charge in [-0.15, -0.1) is 0 Å². The molecule has 0 bridgehead atoms. The summed E-state index contributed by atoms with van der Waals surface area (Å²) in [4.78, 5) is 0. The predicted molar refractivity (Wildman–Crippen MR) is 150 cm³/mol. The predicted octanol–water partition coefficient (Wildman–Crippen LogP) is 10.8. The second-order valence-corrected chi connectivity index (χ2v) is 12.6. The second-order valence-electron chi connectivity index (χ2n) is 12.6. The maximum Gasteiger partial charge on any atom is 0.0158 e. The molecule has 0 heterocycles. The van der Waals surface area contributed by atoms with Gasteiger partial charge in [-0.3, -0.25) is 0 Å². The quantitative estimate of drug-likeness (QED) is 0.376. The lowest BCUT2D eigenvalue weighted by atomic mass is 9.64. The van der Waals surface area contributed by atoms with Gasteiger partial charge in [-0.05, 0) is 80.0 Å². The smallest absolute Gasteiger partial charge is 0.0158 e. The second kappa shape index (κ2) is 10.4. The summed E-state index contributed by atoms with van der Waals surface area (Å²) in [6.45, 7) is 33.5. The minimum atomic E-state index is -0.0752. The molecule has 2 rings (SSSR count). The van der Waals surface area contributed by atoms with Crippen molar-refractivity contribution in [2.24, 2.45) is 0 Å². The third-order valence-electron chi connectivity index (χ3n) is 7.52. The van der Waals surface area contributed by atoms with E-state index in [-0.39, 0.29) is 5.41 Å². The Kier molecular flexibility index (Phi) is 8.70. The van der Waals surface area contributed by atoms with Gasteiger partial charge in [-0.25, -0.2) is 0 Å². The minimum Gasteiger partial charge on any atom is -0.0587 e. The van der Waals surface area contributed by atoms with Crippen LogP contribution in [0.3, 0.4) is 0 Å². The Labute approximate surface area is 206 Å². The highest BCUT2D eigenvalue weighted by Crippen LogP contribution is 2.49. The first-order valence-corrected chi connectivity index (χ1v) is 13.5. The van der Waals surface area contributed by atoms with Gasteiger partial charge in [0.1, 0.15) is 0 Å². The van der Waals surface area contributed by atoms with Gasteiger partial charge in [-0.1, -0.05) is 121 Å². The lowest BCUT2D eigenvalue weighted by Crippen LogP contribution is -2.29. The monoisotopic (exact) mass is 448 g/mol. The highest BCUT2D eigenvalue weighted by molar-refractivity contribution is 5.59. The molecule has 0 nitrogen and oxygen atoms in total. The fourth-order valence-corrected chi connectivity index (χ4v) is 6.04. The Hall–Kier alpha value is -1.56. The van der Waals surface area contributed by atoms with Crippen LogP contribution >= 0.6 is 0 Å². The van der Waals surface area contributed by atoms with Crippen molar-refractivity contribution < 1.29 is 0 Å². The third-order valence-corrected chi connectivity index (χ3v) is 7.52. The molecule has 0 fully saturated rings. The molecule has 0 saturated heterocycles. The van der Waals surface area contributed by atoms with Crippen molar-refractivity contribution in [2.75, 3.05) is 0 Å². The van der Waals surface area contributed by atoms with Crippen LogP contribution in [0.15, 0.2) is 24.3 Å². The van der Waals surface area contributed by atoms with Crippen LogP contribution in [0, 0.1) is 0 Å². The van der Waals surface area contributed by atoms with Crippen LogP contribution in [-0.4, -0.2) is 0 Å². The summed E-state index contributed by atoms with van der Waals surface area (Å²) >= 11 is 0. The van der Waals surface area contributed by atoms with Crippen molar-refractivity contribution in [3.05, 3.63) is 68.8 Å². The number of rotatable bonds is 8. The van der Waals surface area contributed by atoms with Crippen LogP contribution in [0.2, 0.25) is 0 Å². The highest BCUT2D eigenvalue weighted by Gasteiger charge is 2.37. The largest absolute Gasteiger partial charge is 0.0587 e. The summed E-state index contributed by atoms with van der Waals surface area (Å²) < 4.78 is 0. The van der Waals surface area contributed by atoms with Crippen LogP contribution in [-0.2, 0) is 5.41 Å². The maximum atomic E-state index is 2.52. The molecule has 0 aliphatic carbocycles. The normalized spacial score (nSPS) is 13.0. The van der Waals surface area contributed by atoms with Gasteiger partial charge in [-0.2, -0.15) is 0 Å². The summed E-state index contributed by atoms with van der Waals surface area (Å²) in [6, 6.07) is 9.73. The summed E-state index contributed by atoms with van der Waals surface area (Å²) in [7, 11) is 0. The minimum absolute atomic E-state index is 0.0752. The SMILES string of the molecule is CC(C)c1ccc(C(C)C)c(C(C)(C)c2c(C(C)C)ccc(C(C)C)c2C(C)C)c1C(C)C. The first kappa shape index (κ1) is 27.7. The molecule has 2 aromatic rings. The summed E-state index contributed by atoms with van der Waals surface area (Å²) in [5, 5.41) is 0. The Morgan fingerprint density at radius 3 is 0.848 bits per heavy atom. The molecular weight excluding hydrogens is 396 g/mol. The molecule has 0 radical (unpaired) electrons. The molecule has 0 spiro atoms. The Morgan fingerprint density at radius 2 is 0.636 bits per heavy atom. The van der Waals surface area contributed by atoms with E-state index in [1.807, 2.05) is 0 Å². The van der Waals surface area contributed by atoms with Crippen molar-refractivity contribution >= 4 is 0 Å². The van der Waals surface area contributed by atoms with Crippen LogP contribution in [0.25, 0.3) is 0 Å². The molecule has 33 heavy (non-hydrogen) atoms. The zero-order valence-corrected chi connectivity index (χ0v) is 24.3. The fraction of sp³-hybridized carbons (Fsp3) is 0.636. The van der Waals surface area contributed by atoms with Crippen LogP contribution in [0.1, 0.15) is 177 Å². The molecular formula is C33H52. The van der Waals surface area contributed by atoms with E-state index in [0.29, 0.717) is 35.5 Å². The molecule has 0 heteroatoms. The molecule has 2 aromatic carbocycles. The van der Waals surface area contributed by atoms with Crippen LogP contribution in [0.5, 0.6) is 0 Å². The van der Waals surface area contributed by atoms with Gasteiger partial charge in [0.2, 0.25) is 0 Å². The van der Waals surface area contributed by atoms with Gasteiger partial charge in [0.05, 0.1) is 0 Å². The van der Waals surface area contributed by atoms with Crippen molar-refractivity contribution in [1.82, 2.24) is 0 Å². The van der Waals surface area contributed by atoms with Crippen molar-refractivity contribution in [3.8, 4) is 0 Å². The van der Waals surface area contributed by atoms with Crippen LogP contribution < -0.4 is 0 Å². The lowest BCUT2D eigenvalue weighted by molar-refractivity contribution is 0.574. The fourth-order valence-electron chi connectivity index (χ4n) is 6.04. The summed E-state index contributed by atoms with van der Waals surface area (Å²) in [6.07, 6.45) is 0. The molecule has 184 valence electrons. The first-order valence-electron chi connectivity index (χ1n) is 13.5. The average molecular weight is 449 g/mol. The van der Waals surface area contributed by atoms with Gasteiger partial charge in [0.15, 0.2) is 0 Å². The Bertz CT molecular complexity index is 871. The van der Waals surface area contributed by atoms with E-state index in [2.05, 4.69) is 121 Å². The van der Waals surface area contributed by atoms with Gasteiger partial charge >= 0.3 is 0 Å². The first-order chi connectivity index (χ1) is 15.1. The maximum absolute atomic E-state index is 2.52. The third kappa shape index (κ3) is 5.26. The van der Waals surface area contributed by atoms with Crippen molar-refractivity contribution in [2.45, 2.75) is 138 Å². The Morgan fingerprint density at radius 1 is 0.394 bits per heavy atom. The number of hydrogen-bond acceptors (Lipinski definition) is 0. The van der Waals surface area contributed by atoms with E-state index in [1.54, 1.807) is 22.3 Å². The highest BCUT2D eigenvalue weighted by atomic mass is 14.4. The van der Waals surface area contributed by atoms with E-state index in [4.69, 9.17) is 0 Å². The topological polar surface area (TPSA) is 0 Å². The summed E-state index contributed by atoms with van der Waals surface area (Å²) in [5.74, 6) is 3.03. The van der Waals surface area contributed by atoms with Crippen molar-refractivity contribution in [3.63, 3.8) is 0 Å². The number of hydrogen-bond donors (Lipinski definition) is 0. The molecule has 0 unspecified atom stereocenters. The molecule has 0 saturated carbocycles. The summed E-state index contributed by atoms with van der Waals surface area (Å²) in [5.41, 5.74) is 12.4. The van der Waals surface area contributed by atoms with Crippen molar-refractivity contribution in [1.29, 1.82) is 0 Å². The number of benzene rings is 2. The van der Waals surface area contributed by atoms with E-state index in [9.17, 15) is 0 Å². The molecule has 0 N–H and O–H groups in total. The van der Waals surface area contributed by atoms with E-state index in [1.165, 1.54) is 22.3 Å². The standard InChI is InChI=1S/C33H52/c1-19(2)25-15-17-27(21(5)6)31(29(25)23(9)10)33(13,14)32-28(22(7)8)18-16-26(20(3)4)30(32)24(11)12/h15-24H,1-14H3. The zero-order chi connectivity index (χ0) is 25.4. The van der Waals surface area contributed by atoms with E-state index >= 15 is 0 Å². The van der Waals surface area contributed by atoms with E-state index in [0.717, 1.165) is 0 Å². The van der Waals surface area contributed by atoms with E-state index < -0.39 is 0 Å². The van der Waals surface area contributed by atoms with Gasteiger partial charge in [0.25, 0.3) is 0 Å². The average Bonchev–Trinajstić information content (AvgIpc) is 2.70. The molecule has 0 atom stereocenters. The van der Waals surface area contributed by atoms with Crippen LogP contribution in [0.4, 0.5) is 0 Å². The van der Waals surface area contributed by atoms with Gasteiger partial charge < -0.3 is 0 Å².